The second-order valence-electron chi connectivity index (χ2n) is 5.68. The van der Waals surface area contributed by atoms with Gasteiger partial charge in [-0.2, -0.15) is 0 Å². The van der Waals surface area contributed by atoms with Crippen molar-refractivity contribution in [3.05, 3.63) is 59.1 Å². The largest absolute Gasteiger partial charge is 0.494 e. The number of ether oxygens (including phenoxy) is 2. The zero-order valence-corrected chi connectivity index (χ0v) is 15.5. The van der Waals surface area contributed by atoms with E-state index in [1.54, 1.807) is 12.1 Å². The molecular weight excluding hydrogens is 338 g/mol. The molecule has 0 unspecified atom stereocenters. The molecule has 134 valence electrons. The summed E-state index contributed by atoms with van der Waals surface area (Å²) in [6.45, 7) is 6.42. The van der Waals surface area contributed by atoms with Crippen LogP contribution in [0, 0.1) is 0 Å². The van der Waals surface area contributed by atoms with Gasteiger partial charge in [-0.05, 0) is 50.1 Å². The zero-order chi connectivity index (χ0) is 18.2. The van der Waals surface area contributed by atoms with Crippen LogP contribution in [0.2, 0.25) is 5.02 Å². The van der Waals surface area contributed by atoms with Crippen molar-refractivity contribution in [2.75, 3.05) is 6.61 Å². The molecule has 0 saturated heterocycles. The lowest BCUT2D eigenvalue weighted by atomic mass is 10.1. The van der Waals surface area contributed by atoms with Gasteiger partial charge in [-0.1, -0.05) is 42.8 Å². The summed E-state index contributed by atoms with van der Waals surface area (Å²) in [5, 5.41) is 3.48. The second-order valence-corrected chi connectivity index (χ2v) is 6.08. The van der Waals surface area contributed by atoms with Crippen molar-refractivity contribution >= 4 is 17.5 Å². The molecule has 25 heavy (non-hydrogen) atoms. The van der Waals surface area contributed by atoms with Crippen LogP contribution in [-0.4, -0.2) is 18.6 Å². The SMILES string of the molecule is CCOc1ccc([C@H](C)NC(=O)[C@H](CC)Oc2ccccc2Cl)cc1. The lowest BCUT2D eigenvalue weighted by Crippen LogP contribution is -2.39. The molecule has 5 heteroatoms. The number of benzene rings is 2. The van der Waals surface area contributed by atoms with Gasteiger partial charge < -0.3 is 14.8 Å². The van der Waals surface area contributed by atoms with E-state index in [9.17, 15) is 4.79 Å². The van der Waals surface area contributed by atoms with Gasteiger partial charge in [0.15, 0.2) is 6.10 Å². The number of nitrogens with one attached hydrogen (secondary N) is 1. The van der Waals surface area contributed by atoms with Crippen LogP contribution < -0.4 is 14.8 Å². The molecular formula is C20H24ClNO3. The monoisotopic (exact) mass is 361 g/mol. The van der Waals surface area contributed by atoms with E-state index in [2.05, 4.69) is 5.32 Å². The summed E-state index contributed by atoms with van der Waals surface area (Å²) in [5.74, 6) is 1.17. The number of para-hydroxylation sites is 1. The number of hydrogen-bond acceptors (Lipinski definition) is 3. The van der Waals surface area contributed by atoms with Crippen molar-refractivity contribution < 1.29 is 14.3 Å². The minimum atomic E-state index is -0.593. The highest BCUT2D eigenvalue weighted by Crippen LogP contribution is 2.25. The van der Waals surface area contributed by atoms with E-state index in [0.717, 1.165) is 11.3 Å². The Morgan fingerprint density at radius 2 is 1.80 bits per heavy atom. The molecule has 0 heterocycles. The normalized spacial score (nSPS) is 13.0. The van der Waals surface area contributed by atoms with Crippen molar-refractivity contribution in [1.29, 1.82) is 0 Å². The first-order chi connectivity index (χ1) is 12.0. The summed E-state index contributed by atoms with van der Waals surface area (Å²) in [4.78, 5) is 12.5. The fourth-order valence-electron chi connectivity index (χ4n) is 2.42. The van der Waals surface area contributed by atoms with Gasteiger partial charge in [0, 0.05) is 0 Å². The third-order valence-corrected chi connectivity index (χ3v) is 4.13. The van der Waals surface area contributed by atoms with Crippen LogP contribution in [0.15, 0.2) is 48.5 Å². The molecule has 0 aliphatic rings. The standard InChI is InChI=1S/C20H24ClNO3/c1-4-18(25-19-9-7-6-8-17(19)21)20(23)22-14(3)15-10-12-16(13-11-15)24-5-2/h6-14,18H,4-5H2,1-3H3,(H,22,23)/t14-,18-/m0/s1. The van der Waals surface area contributed by atoms with Crippen LogP contribution in [0.5, 0.6) is 11.5 Å². The summed E-state index contributed by atoms with van der Waals surface area (Å²) < 4.78 is 11.2. The van der Waals surface area contributed by atoms with Crippen LogP contribution in [-0.2, 0) is 4.79 Å². The average molecular weight is 362 g/mol. The van der Waals surface area contributed by atoms with Crippen molar-refractivity contribution in [1.82, 2.24) is 5.32 Å². The molecule has 1 N–H and O–H groups in total. The van der Waals surface area contributed by atoms with E-state index < -0.39 is 6.10 Å². The van der Waals surface area contributed by atoms with Crippen molar-refractivity contribution in [2.24, 2.45) is 0 Å². The Kier molecular flexibility index (Phi) is 7.14. The van der Waals surface area contributed by atoms with Crippen molar-refractivity contribution in [2.45, 2.75) is 39.3 Å². The van der Waals surface area contributed by atoms with Gasteiger partial charge in [-0.3, -0.25) is 4.79 Å². The minimum absolute atomic E-state index is 0.132. The number of halogens is 1. The number of amides is 1. The average Bonchev–Trinajstić information content (AvgIpc) is 2.61. The van der Waals surface area contributed by atoms with Crippen LogP contribution in [0.4, 0.5) is 0 Å². The second kappa shape index (κ2) is 9.33. The summed E-state index contributed by atoms with van der Waals surface area (Å²) in [7, 11) is 0. The van der Waals surface area contributed by atoms with E-state index in [1.807, 2.05) is 57.2 Å². The third-order valence-electron chi connectivity index (χ3n) is 3.82. The highest BCUT2D eigenvalue weighted by atomic mass is 35.5. The molecule has 2 rings (SSSR count). The van der Waals surface area contributed by atoms with Gasteiger partial charge in [0.25, 0.3) is 5.91 Å². The van der Waals surface area contributed by atoms with Gasteiger partial charge in [0.05, 0.1) is 17.7 Å². The summed E-state index contributed by atoms with van der Waals surface area (Å²) in [6, 6.07) is 14.7. The lowest BCUT2D eigenvalue weighted by molar-refractivity contribution is -0.128. The number of rotatable bonds is 8. The van der Waals surface area contributed by atoms with Crippen LogP contribution in [0.3, 0.4) is 0 Å². The van der Waals surface area contributed by atoms with E-state index in [-0.39, 0.29) is 11.9 Å². The molecule has 0 aliphatic carbocycles. The maximum atomic E-state index is 12.5. The Morgan fingerprint density at radius 3 is 2.40 bits per heavy atom. The molecule has 0 aliphatic heterocycles. The number of hydrogen-bond donors (Lipinski definition) is 1. The smallest absolute Gasteiger partial charge is 0.261 e. The van der Waals surface area contributed by atoms with Crippen LogP contribution >= 0.6 is 11.6 Å². The van der Waals surface area contributed by atoms with Crippen molar-refractivity contribution in [3.63, 3.8) is 0 Å². The van der Waals surface area contributed by atoms with Gasteiger partial charge >= 0.3 is 0 Å². The first-order valence-corrected chi connectivity index (χ1v) is 8.87. The Morgan fingerprint density at radius 1 is 1.12 bits per heavy atom. The third kappa shape index (κ3) is 5.40. The fraction of sp³-hybridized carbons (Fsp3) is 0.350. The van der Waals surface area contributed by atoms with Crippen LogP contribution in [0.25, 0.3) is 0 Å². The van der Waals surface area contributed by atoms with Crippen LogP contribution in [0.1, 0.15) is 38.8 Å². The molecule has 0 saturated carbocycles. The molecule has 0 bridgehead atoms. The summed E-state index contributed by atoms with van der Waals surface area (Å²) in [6.07, 6.45) is -0.0439. The van der Waals surface area contributed by atoms with Gasteiger partial charge in [-0.25, -0.2) is 0 Å². The van der Waals surface area contributed by atoms with E-state index >= 15 is 0 Å². The van der Waals surface area contributed by atoms with E-state index in [4.69, 9.17) is 21.1 Å². The molecule has 2 atom stereocenters. The fourth-order valence-corrected chi connectivity index (χ4v) is 2.61. The Bertz CT molecular complexity index is 688. The molecule has 0 fully saturated rings. The molecule has 2 aromatic carbocycles. The number of carbonyl (C=O) groups is 1. The minimum Gasteiger partial charge on any atom is -0.494 e. The quantitative estimate of drug-likeness (QED) is 0.736. The first kappa shape index (κ1) is 19.1. The maximum absolute atomic E-state index is 12.5. The maximum Gasteiger partial charge on any atom is 0.261 e. The Balaban J connectivity index is 1.99. The van der Waals surface area contributed by atoms with Gasteiger partial charge in [0.2, 0.25) is 0 Å². The molecule has 0 spiro atoms. The van der Waals surface area contributed by atoms with E-state index in [1.165, 1.54) is 0 Å². The van der Waals surface area contributed by atoms with Gasteiger partial charge in [0.1, 0.15) is 11.5 Å². The molecule has 4 nitrogen and oxygen atoms in total. The first-order valence-electron chi connectivity index (χ1n) is 8.49. The Labute approximate surface area is 154 Å². The highest BCUT2D eigenvalue weighted by molar-refractivity contribution is 6.32. The zero-order valence-electron chi connectivity index (χ0n) is 14.8. The molecule has 0 aromatic heterocycles. The summed E-state index contributed by atoms with van der Waals surface area (Å²) >= 11 is 6.10. The molecule has 0 radical (unpaired) electrons. The lowest BCUT2D eigenvalue weighted by Gasteiger charge is -2.21. The summed E-state index contributed by atoms with van der Waals surface area (Å²) in [5.41, 5.74) is 1.00. The predicted molar refractivity (Wildman–Crippen MR) is 100 cm³/mol. The topological polar surface area (TPSA) is 47.6 Å². The predicted octanol–water partition coefficient (Wildman–Crippen LogP) is 4.77. The Hall–Kier alpha value is -2.20. The molecule has 2 aromatic rings. The molecule has 1 amide bonds. The van der Waals surface area contributed by atoms with Gasteiger partial charge in [-0.15, -0.1) is 0 Å². The van der Waals surface area contributed by atoms with Crippen molar-refractivity contribution in [3.8, 4) is 11.5 Å². The number of carbonyl (C=O) groups excluding carboxylic acids is 1. The van der Waals surface area contributed by atoms with E-state index in [0.29, 0.717) is 23.8 Å². The highest BCUT2D eigenvalue weighted by Gasteiger charge is 2.21.